The molecule has 1 aromatic carbocycles. The maximum atomic E-state index is 13.2. The van der Waals surface area contributed by atoms with Crippen LogP contribution in [0.2, 0.25) is 0 Å². The molecule has 3 nitrogen and oxygen atoms in total. The van der Waals surface area contributed by atoms with E-state index in [2.05, 4.69) is 41.8 Å². The molecule has 0 amide bonds. The molecule has 0 fully saturated rings. The molecular formula is C12H6Br2FN3S. The minimum atomic E-state index is -0.352. The van der Waals surface area contributed by atoms with Crippen molar-refractivity contribution in [3.63, 3.8) is 0 Å². The van der Waals surface area contributed by atoms with Gasteiger partial charge in [-0.2, -0.15) is 0 Å². The van der Waals surface area contributed by atoms with Gasteiger partial charge in [-0.05, 0) is 56.1 Å². The first-order valence-electron chi connectivity index (χ1n) is 5.22. The van der Waals surface area contributed by atoms with Crippen molar-refractivity contribution >= 4 is 59.9 Å². The number of hydrogen-bond acceptors (Lipinski definition) is 4. The molecule has 0 saturated heterocycles. The molecule has 2 N–H and O–H groups in total. The van der Waals surface area contributed by atoms with E-state index >= 15 is 0 Å². The van der Waals surface area contributed by atoms with Gasteiger partial charge in [0.1, 0.15) is 11.6 Å². The first-order valence-corrected chi connectivity index (χ1v) is 7.63. The van der Waals surface area contributed by atoms with Crippen molar-refractivity contribution in [2.45, 2.75) is 0 Å². The lowest BCUT2D eigenvalue weighted by Crippen LogP contribution is -1.98. The van der Waals surface area contributed by atoms with Crippen molar-refractivity contribution in [1.29, 1.82) is 0 Å². The van der Waals surface area contributed by atoms with E-state index in [-0.39, 0.29) is 11.6 Å². The third-order valence-electron chi connectivity index (χ3n) is 2.58. The van der Waals surface area contributed by atoms with Gasteiger partial charge < -0.3 is 5.73 Å². The minimum absolute atomic E-state index is 0.272. The largest absolute Gasteiger partial charge is 0.383 e. The highest BCUT2D eigenvalue weighted by molar-refractivity contribution is 9.12. The highest BCUT2D eigenvalue weighted by Gasteiger charge is 2.13. The van der Waals surface area contributed by atoms with E-state index in [1.54, 1.807) is 6.07 Å². The molecule has 0 aliphatic rings. The highest BCUT2D eigenvalue weighted by Crippen LogP contribution is 2.38. The Hall–Kier alpha value is -1.05. The van der Waals surface area contributed by atoms with E-state index in [0.29, 0.717) is 16.7 Å². The summed E-state index contributed by atoms with van der Waals surface area (Å²) >= 11 is 8.40. The van der Waals surface area contributed by atoms with Crippen LogP contribution in [0.1, 0.15) is 0 Å². The third kappa shape index (κ3) is 2.37. The fourth-order valence-corrected chi connectivity index (χ4v) is 4.53. The fraction of sp³-hybridized carbons (Fsp3) is 0. The van der Waals surface area contributed by atoms with Crippen molar-refractivity contribution < 1.29 is 4.39 Å². The SMILES string of the molecule is Nc1nc(-c2cc(Br)sc2Br)nc2ccc(F)cc12. The standard InChI is InChI=1S/C12H6Br2FN3S/c13-9-4-7(10(14)19-9)12-17-8-2-1-5(15)3-6(8)11(16)18-12/h1-4H,(H2,16,17,18). The number of aromatic nitrogens is 2. The number of rotatable bonds is 1. The summed E-state index contributed by atoms with van der Waals surface area (Å²) in [6.07, 6.45) is 0. The van der Waals surface area contributed by atoms with Crippen LogP contribution in [0.3, 0.4) is 0 Å². The molecule has 0 spiro atoms. The Morgan fingerprint density at radius 1 is 1.16 bits per heavy atom. The van der Waals surface area contributed by atoms with Crippen LogP contribution in [0.5, 0.6) is 0 Å². The van der Waals surface area contributed by atoms with E-state index < -0.39 is 0 Å². The van der Waals surface area contributed by atoms with E-state index in [0.717, 1.165) is 13.1 Å². The molecule has 96 valence electrons. The number of thiophene rings is 1. The molecule has 0 aliphatic heterocycles. The number of halogens is 3. The number of fused-ring (bicyclic) bond motifs is 1. The zero-order valence-corrected chi connectivity index (χ0v) is 13.3. The average molecular weight is 403 g/mol. The molecular weight excluding hydrogens is 397 g/mol. The smallest absolute Gasteiger partial charge is 0.164 e. The summed E-state index contributed by atoms with van der Waals surface area (Å²) < 4.78 is 15.1. The number of nitrogens with zero attached hydrogens (tertiary/aromatic N) is 2. The summed E-state index contributed by atoms with van der Waals surface area (Å²) in [5, 5.41) is 0.522. The predicted octanol–water partition coefficient (Wildman–Crippen LogP) is 4.60. The lowest BCUT2D eigenvalue weighted by molar-refractivity contribution is 0.629. The summed E-state index contributed by atoms with van der Waals surface area (Å²) in [5.74, 6) is 0.439. The van der Waals surface area contributed by atoms with Gasteiger partial charge in [-0.3, -0.25) is 0 Å². The van der Waals surface area contributed by atoms with Crippen LogP contribution in [-0.2, 0) is 0 Å². The summed E-state index contributed by atoms with van der Waals surface area (Å²) in [7, 11) is 0. The number of nitrogens with two attached hydrogens (primary N) is 1. The maximum absolute atomic E-state index is 13.2. The molecule has 19 heavy (non-hydrogen) atoms. The number of hydrogen-bond donors (Lipinski definition) is 1. The molecule has 2 aromatic heterocycles. The normalized spacial score (nSPS) is 11.1. The quantitative estimate of drug-likeness (QED) is 0.646. The lowest BCUT2D eigenvalue weighted by atomic mass is 10.2. The van der Waals surface area contributed by atoms with Gasteiger partial charge in [0.05, 0.1) is 13.1 Å². The summed E-state index contributed by atoms with van der Waals surface area (Å²) in [6, 6.07) is 6.21. The van der Waals surface area contributed by atoms with E-state index in [4.69, 9.17) is 5.73 Å². The second-order valence-corrected chi connectivity index (χ2v) is 7.58. The molecule has 2 heterocycles. The minimum Gasteiger partial charge on any atom is -0.383 e. The lowest BCUT2D eigenvalue weighted by Gasteiger charge is -2.04. The average Bonchev–Trinajstić information content (AvgIpc) is 2.69. The second-order valence-electron chi connectivity index (χ2n) is 3.83. The topological polar surface area (TPSA) is 51.8 Å². The van der Waals surface area contributed by atoms with Gasteiger partial charge >= 0.3 is 0 Å². The Labute approximate surface area is 128 Å². The van der Waals surface area contributed by atoms with Crippen LogP contribution in [0, 0.1) is 5.82 Å². The number of benzene rings is 1. The Morgan fingerprint density at radius 2 is 1.95 bits per heavy atom. The molecule has 7 heteroatoms. The van der Waals surface area contributed by atoms with Crippen LogP contribution in [0.4, 0.5) is 10.2 Å². The maximum Gasteiger partial charge on any atom is 0.164 e. The van der Waals surface area contributed by atoms with Crippen LogP contribution in [0.25, 0.3) is 22.3 Å². The van der Waals surface area contributed by atoms with Crippen molar-refractivity contribution in [3.05, 3.63) is 37.7 Å². The van der Waals surface area contributed by atoms with E-state index in [9.17, 15) is 4.39 Å². The van der Waals surface area contributed by atoms with Gasteiger partial charge in [0, 0.05) is 10.9 Å². The summed E-state index contributed by atoms with van der Waals surface area (Å²) in [6.45, 7) is 0. The van der Waals surface area contributed by atoms with Gasteiger partial charge in [0.15, 0.2) is 5.82 Å². The molecule has 0 bridgehead atoms. The van der Waals surface area contributed by atoms with Crippen molar-refractivity contribution in [1.82, 2.24) is 9.97 Å². The van der Waals surface area contributed by atoms with Crippen molar-refractivity contribution in [3.8, 4) is 11.4 Å². The number of nitrogen functional groups attached to an aromatic ring is 1. The molecule has 0 aliphatic carbocycles. The third-order valence-corrected chi connectivity index (χ3v) is 4.92. The first kappa shape index (κ1) is 13.0. The van der Waals surface area contributed by atoms with Crippen LogP contribution in [-0.4, -0.2) is 9.97 Å². The Balaban J connectivity index is 2.26. The molecule has 0 saturated carbocycles. The van der Waals surface area contributed by atoms with Crippen LogP contribution in [0.15, 0.2) is 31.8 Å². The van der Waals surface area contributed by atoms with Gasteiger partial charge in [0.2, 0.25) is 0 Å². The molecule has 0 radical (unpaired) electrons. The molecule has 0 atom stereocenters. The van der Waals surface area contributed by atoms with E-state index in [1.807, 2.05) is 6.07 Å². The van der Waals surface area contributed by atoms with E-state index in [1.165, 1.54) is 23.5 Å². The zero-order chi connectivity index (χ0) is 13.6. The van der Waals surface area contributed by atoms with Gasteiger partial charge in [-0.15, -0.1) is 11.3 Å². The van der Waals surface area contributed by atoms with Gasteiger partial charge in [-0.25, -0.2) is 14.4 Å². The van der Waals surface area contributed by atoms with Crippen molar-refractivity contribution in [2.24, 2.45) is 0 Å². The summed E-state index contributed by atoms with van der Waals surface area (Å²) in [5.41, 5.74) is 7.36. The first-order chi connectivity index (χ1) is 9.04. The fourth-order valence-electron chi connectivity index (χ4n) is 1.74. The van der Waals surface area contributed by atoms with Crippen molar-refractivity contribution in [2.75, 3.05) is 5.73 Å². The van der Waals surface area contributed by atoms with Crippen LogP contribution >= 0.6 is 43.2 Å². The molecule has 0 unspecified atom stereocenters. The summed E-state index contributed by atoms with van der Waals surface area (Å²) in [4.78, 5) is 8.66. The van der Waals surface area contributed by atoms with Gasteiger partial charge in [-0.1, -0.05) is 0 Å². The van der Waals surface area contributed by atoms with Crippen LogP contribution < -0.4 is 5.73 Å². The highest BCUT2D eigenvalue weighted by atomic mass is 79.9. The monoisotopic (exact) mass is 401 g/mol. The van der Waals surface area contributed by atoms with Gasteiger partial charge in [0.25, 0.3) is 0 Å². The Bertz CT molecular complexity index is 788. The Kier molecular flexibility index (Phi) is 3.28. The Morgan fingerprint density at radius 3 is 2.63 bits per heavy atom. The number of anilines is 1. The predicted molar refractivity (Wildman–Crippen MR) is 82.6 cm³/mol. The zero-order valence-electron chi connectivity index (χ0n) is 9.32. The second kappa shape index (κ2) is 4.81. The molecule has 3 rings (SSSR count). The molecule has 3 aromatic rings.